The first kappa shape index (κ1) is 22.0. The number of imide groups is 1. The molecule has 0 aliphatic carbocycles. The van der Waals surface area contributed by atoms with Gasteiger partial charge in [0.2, 0.25) is 11.8 Å². The summed E-state index contributed by atoms with van der Waals surface area (Å²) in [5.41, 5.74) is -3.60. The van der Waals surface area contributed by atoms with Crippen molar-refractivity contribution in [3.05, 3.63) is 35.3 Å². The number of nitrogens with zero attached hydrogens (tertiary/aromatic N) is 2. The van der Waals surface area contributed by atoms with Gasteiger partial charge in [-0.2, -0.15) is 13.2 Å². The number of esters is 1. The van der Waals surface area contributed by atoms with E-state index in [0.717, 1.165) is 22.3 Å². The first-order chi connectivity index (χ1) is 15.4. The van der Waals surface area contributed by atoms with Crippen molar-refractivity contribution in [1.29, 1.82) is 0 Å². The molecule has 3 fully saturated rings. The molecule has 0 saturated carbocycles. The van der Waals surface area contributed by atoms with Gasteiger partial charge in [-0.3, -0.25) is 14.4 Å². The predicted molar refractivity (Wildman–Crippen MR) is 110 cm³/mol. The standard InChI is InChI=1S/C22H19F3N2O5S/c1-10(28)31-14-9-20(2)15-16(21(14,3)32-20)19(30)27(18(15)29)11-4-5-12(17-26-6-7-33-17)13(8-11)22(23,24)25/h4-8,14-16H,9H2,1-3H3/t14-,15+,16-,20?,21?/m0/s1. The summed E-state index contributed by atoms with van der Waals surface area (Å²) in [5.74, 6) is -3.68. The van der Waals surface area contributed by atoms with Gasteiger partial charge in [0.25, 0.3) is 0 Å². The average Bonchev–Trinajstić information content (AvgIpc) is 3.42. The van der Waals surface area contributed by atoms with Crippen LogP contribution in [0.4, 0.5) is 18.9 Å². The van der Waals surface area contributed by atoms with Crippen molar-refractivity contribution in [2.45, 2.75) is 50.7 Å². The quantitative estimate of drug-likeness (QED) is 0.491. The van der Waals surface area contributed by atoms with Gasteiger partial charge in [-0.25, -0.2) is 9.88 Å². The minimum Gasteiger partial charge on any atom is -0.459 e. The summed E-state index contributed by atoms with van der Waals surface area (Å²) in [6.07, 6.45) is -3.84. The Morgan fingerprint density at radius 1 is 1.24 bits per heavy atom. The van der Waals surface area contributed by atoms with Crippen LogP contribution in [0.2, 0.25) is 0 Å². The molecule has 2 amide bonds. The van der Waals surface area contributed by atoms with Crippen LogP contribution < -0.4 is 4.90 Å². The smallest absolute Gasteiger partial charge is 0.417 e. The molecule has 11 heteroatoms. The number of aromatic nitrogens is 1. The van der Waals surface area contributed by atoms with Crippen molar-refractivity contribution in [1.82, 2.24) is 4.98 Å². The number of fused-ring (bicyclic) bond motifs is 5. The van der Waals surface area contributed by atoms with Crippen LogP contribution in [0.25, 0.3) is 10.6 Å². The van der Waals surface area contributed by atoms with Crippen LogP contribution in [0.1, 0.15) is 32.8 Å². The number of rotatable bonds is 3. The second-order valence-corrected chi connectivity index (χ2v) is 9.83. The minimum atomic E-state index is -4.72. The molecule has 5 atom stereocenters. The molecule has 3 saturated heterocycles. The number of alkyl halides is 3. The summed E-state index contributed by atoms with van der Waals surface area (Å²) >= 11 is 1.06. The fourth-order valence-electron chi connectivity index (χ4n) is 5.56. The Labute approximate surface area is 190 Å². The van der Waals surface area contributed by atoms with Gasteiger partial charge in [-0.15, -0.1) is 11.3 Å². The molecule has 3 aliphatic rings. The van der Waals surface area contributed by atoms with Crippen molar-refractivity contribution in [2.24, 2.45) is 11.8 Å². The molecule has 2 unspecified atom stereocenters. The molecule has 174 valence electrons. The molecule has 5 rings (SSSR count). The van der Waals surface area contributed by atoms with Gasteiger partial charge in [-0.05, 0) is 32.0 Å². The third-order valence-electron chi connectivity index (χ3n) is 6.80. The number of carbonyl (C=O) groups excluding carboxylic acids is 3. The number of benzene rings is 1. The van der Waals surface area contributed by atoms with Crippen molar-refractivity contribution in [3.8, 4) is 10.6 Å². The summed E-state index contributed by atoms with van der Waals surface area (Å²) in [6.45, 7) is 4.52. The lowest BCUT2D eigenvalue weighted by atomic mass is 9.67. The van der Waals surface area contributed by atoms with Gasteiger partial charge in [0.1, 0.15) is 16.7 Å². The Hall–Kier alpha value is -2.79. The molecular formula is C22H19F3N2O5S. The van der Waals surface area contributed by atoms with E-state index in [1.54, 1.807) is 19.2 Å². The highest BCUT2D eigenvalue weighted by Crippen LogP contribution is 2.62. The van der Waals surface area contributed by atoms with E-state index in [0.29, 0.717) is 0 Å². The van der Waals surface area contributed by atoms with E-state index < -0.39 is 58.7 Å². The third kappa shape index (κ3) is 3.05. The van der Waals surface area contributed by atoms with Crippen LogP contribution in [0.15, 0.2) is 29.8 Å². The molecule has 1 aromatic carbocycles. The first-order valence-electron chi connectivity index (χ1n) is 10.2. The molecule has 33 heavy (non-hydrogen) atoms. The second kappa shape index (κ2) is 6.86. The lowest BCUT2D eigenvalue weighted by Crippen LogP contribution is -2.50. The Kier molecular flexibility index (Phi) is 4.58. The van der Waals surface area contributed by atoms with E-state index in [9.17, 15) is 27.6 Å². The zero-order valence-corrected chi connectivity index (χ0v) is 18.6. The van der Waals surface area contributed by atoms with Crippen LogP contribution >= 0.6 is 11.3 Å². The maximum Gasteiger partial charge on any atom is 0.417 e. The molecule has 4 heterocycles. The number of anilines is 1. The van der Waals surface area contributed by atoms with Crippen LogP contribution in [0, 0.1) is 11.8 Å². The third-order valence-corrected chi connectivity index (χ3v) is 7.61. The molecule has 0 spiro atoms. The normalized spacial score (nSPS) is 33.0. The minimum absolute atomic E-state index is 0.127. The van der Waals surface area contributed by atoms with E-state index in [1.165, 1.54) is 25.3 Å². The predicted octanol–water partition coefficient (Wildman–Crippen LogP) is 3.82. The number of halogens is 3. The van der Waals surface area contributed by atoms with Crippen LogP contribution in [-0.4, -0.2) is 40.1 Å². The van der Waals surface area contributed by atoms with E-state index in [4.69, 9.17) is 9.47 Å². The van der Waals surface area contributed by atoms with E-state index in [-0.39, 0.29) is 22.7 Å². The summed E-state index contributed by atoms with van der Waals surface area (Å²) in [6, 6.07) is 3.35. The van der Waals surface area contributed by atoms with E-state index >= 15 is 0 Å². The van der Waals surface area contributed by atoms with Crippen LogP contribution in [0.5, 0.6) is 0 Å². The largest absolute Gasteiger partial charge is 0.459 e. The zero-order valence-electron chi connectivity index (χ0n) is 17.8. The first-order valence-corrected chi connectivity index (χ1v) is 11.1. The summed E-state index contributed by atoms with van der Waals surface area (Å²) in [7, 11) is 0. The fraction of sp³-hybridized carbons (Fsp3) is 0.455. The maximum absolute atomic E-state index is 13.9. The summed E-state index contributed by atoms with van der Waals surface area (Å²) < 4.78 is 53.1. The molecule has 7 nitrogen and oxygen atoms in total. The Bertz CT molecular complexity index is 1180. The molecular weight excluding hydrogens is 461 g/mol. The molecule has 0 N–H and O–H groups in total. The van der Waals surface area contributed by atoms with Crippen LogP contribution in [0.3, 0.4) is 0 Å². The summed E-state index contributed by atoms with van der Waals surface area (Å²) in [4.78, 5) is 43.1. The van der Waals surface area contributed by atoms with Gasteiger partial charge in [0.15, 0.2) is 0 Å². The Morgan fingerprint density at radius 2 is 1.94 bits per heavy atom. The fourth-order valence-corrected chi connectivity index (χ4v) is 6.24. The van der Waals surface area contributed by atoms with Gasteiger partial charge >= 0.3 is 12.1 Å². The highest BCUT2D eigenvalue weighted by molar-refractivity contribution is 7.13. The van der Waals surface area contributed by atoms with Gasteiger partial charge < -0.3 is 9.47 Å². The SMILES string of the molecule is CC(=O)O[C@H]1CC2(C)OC1(C)[C@@H]1C(=O)N(c3ccc(-c4nccs4)c(C(F)(F)F)c3)C(=O)[C@@H]12. The van der Waals surface area contributed by atoms with Crippen LogP contribution in [-0.2, 0) is 30.0 Å². The van der Waals surface area contributed by atoms with Gasteiger partial charge in [0, 0.05) is 30.5 Å². The van der Waals surface area contributed by atoms with E-state index in [1.807, 2.05) is 0 Å². The van der Waals surface area contributed by atoms with Crippen molar-refractivity contribution in [2.75, 3.05) is 4.90 Å². The number of carbonyl (C=O) groups is 3. The second-order valence-electron chi connectivity index (χ2n) is 8.93. The van der Waals surface area contributed by atoms with Gasteiger partial charge in [0.05, 0.1) is 28.7 Å². The van der Waals surface area contributed by atoms with Gasteiger partial charge in [-0.1, -0.05) is 0 Å². The highest BCUT2D eigenvalue weighted by Gasteiger charge is 2.76. The summed E-state index contributed by atoms with van der Waals surface area (Å²) in [5, 5.41) is 1.75. The lowest BCUT2D eigenvalue weighted by molar-refractivity contribution is -0.159. The monoisotopic (exact) mass is 480 g/mol. The maximum atomic E-state index is 13.9. The molecule has 1 aromatic heterocycles. The lowest BCUT2D eigenvalue weighted by Gasteiger charge is -2.34. The van der Waals surface area contributed by atoms with Crippen molar-refractivity contribution < 1.29 is 37.0 Å². The topological polar surface area (TPSA) is 85.8 Å². The number of thiazole rings is 1. The highest BCUT2D eigenvalue weighted by atomic mass is 32.1. The van der Waals surface area contributed by atoms with Crippen molar-refractivity contribution in [3.63, 3.8) is 0 Å². The Morgan fingerprint density at radius 3 is 2.55 bits per heavy atom. The molecule has 2 bridgehead atoms. The van der Waals surface area contributed by atoms with Crippen molar-refractivity contribution >= 4 is 34.8 Å². The number of hydrogen-bond acceptors (Lipinski definition) is 7. The number of hydrogen-bond donors (Lipinski definition) is 0. The van der Waals surface area contributed by atoms with E-state index in [2.05, 4.69) is 4.98 Å². The average molecular weight is 480 g/mol. The zero-order chi connectivity index (χ0) is 23.9. The molecule has 0 radical (unpaired) electrons. The number of ether oxygens (including phenoxy) is 2. The number of amides is 2. The Balaban J connectivity index is 1.57. The molecule has 2 aromatic rings. The molecule has 3 aliphatic heterocycles.